The molecule has 0 unspecified atom stereocenters. The summed E-state index contributed by atoms with van der Waals surface area (Å²) in [5, 5.41) is 6.80. The van der Waals surface area contributed by atoms with Crippen LogP contribution in [0.15, 0.2) is 35.3 Å². The van der Waals surface area contributed by atoms with Crippen molar-refractivity contribution in [2.45, 2.75) is 6.18 Å². The van der Waals surface area contributed by atoms with Crippen molar-refractivity contribution in [2.75, 3.05) is 0 Å². The van der Waals surface area contributed by atoms with Crippen molar-refractivity contribution >= 4 is 11.4 Å². The number of nitrogens with two attached hydrogens (primary N) is 2. The standard InChI is InChI=1S/C8H8F3N5/c9-8(10,11)7(6(13)3-12)16-5-1-2-14-15-4-5/h1-4H,12-13H2. The molecule has 0 spiro atoms. The van der Waals surface area contributed by atoms with Crippen LogP contribution in [0.25, 0.3) is 0 Å². The van der Waals surface area contributed by atoms with E-state index in [1.54, 1.807) is 0 Å². The van der Waals surface area contributed by atoms with Gasteiger partial charge < -0.3 is 11.5 Å². The molecule has 4 N–H and O–H groups in total. The van der Waals surface area contributed by atoms with Crippen LogP contribution in [0.4, 0.5) is 18.9 Å². The molecule has 0 aliphatic heterocycles. The summed E-state index contributed by atoms with van der Waals surface area (Å²) in [5.41, 5.74) is 8.11. The summed E-state index contributed by atoms with van der Waals surface area (Å²) in [6, 6.07) is 1.27. The molecule has 8 heteroatoms. The van der Waals surface area contributed by atoms with Crippen LogP contribution in [0.5, 0.6) is 0 Å². The second-order valence-corrected chi connectivity index (χ2v) is 2.68. The Morgan fingerprint density at radius 1 is 1.38 bits per heavy atom. The molecule has 1 heterocycles. The van der Waals surface area contributed by atoms with Gasteiger partial charge in [-0.3, -0.25) is 0 Å². The fourth-order valence-corrected chi connectivity index (χ4v) is 0.849. The SMILES string of the molecule is NC=C(N)C(=Nc1ccnnc1)C(F)(F)F. The van der Waals surface area contributed by atoms with Crippen molar-refractivity contribution in [3.63, 3.8) is 0 Å². The number of aromatic nitrogens is 2. The molecule has 0 saturated carbocycles. The zero-order valence-corrected chi connectivity index (χ0v) is 7.94. The lowest BCUT2D eigenvalue weighted by Crippen LogP contribution is -2.29. The highest BCUT2D eigenvalue weighted by Gasteiger charge is 2.37. The number of nitrogens with zero attached hydrogens (tertiary/aromatic N) is 3. The van der Waals surface area contributed by atoms with Crippen LogP contribution < -0.4 is 11.5 Å². The Morgan fingerprint density at radius 3 is 2.50 bits per heavy atom. The first kappa shape index (κ1) is 12.0. The van der Waals surface area contributed by atoms with Gasteiger partial charge in [-0.1, -0.05) is 0 Å². The first-order valence-electron chi connectivity index (χ1n) is 4.05. The average molecular weight is 231 g/mol. The Kier molecular flexibility index (Phi) is 3.44. The van der Waals surface area contributed by atoms with Crippen molar-refractivity contribution in [2.24, 2.45) is 16.5 Å². The number of rotatable bonds is 2. The second kappa shape index (κ2) is 4.60. The van der Waals surface area contributed by atoms with Gasteiger partial charge in [-0.15, -0.1) is 0 Å². The van der Waals surface area contributed by atoms with Crippen LogP contribution in [-0.2, 0) is 0 Å². The van der Waals surface area contributed by atoms with Crippen LogP contribution in [0.3, 0.4) is 0 Å². The summed E-state index contributed by atoms with van der Waals surface area (Å²) in [5.74, 6) is 0. The Hall–Kier alpha value is -2.12. The minimum absolute atomic E-state index is 0.00729. The molecule has 0 aromatic carbocycles. The van der Waals surface area contributed by atoms with Crippen LogP contribution >= 0.6 is 0 Å². The maximum atomic E-state index is 12.5. The molecule has 0 amide bonds. The van der Waals surface area contributed by atoms with Crippen molar-refractivity contribution < 1.29 is 13.2 Å². The molecule has 16 heavy (non-hydrogen) atoms. The first-order chi connectivity index (χ1) is 7.45. The monoisotopic (exact) mass is 231 g/mol. The Bertz CT molecular complexity index is 409. The van der Waals surface area contributed by atoms with E-state index < -0.39 is 17.6 Å². The van der Waals surface area contributed by atoms with E-state index in [9.17, 15) is 13.2 Å². The van der Waals surface area contributed by atoms with Gasteiger partial charge in [0.05, 0.1) is 23.8 Å². The van der Waals surface area contributed by atoms with E-state index in [1.165, 1.54) is 12.3 Å². The van der Waals surface area contributed by atoms with Gasteiger partial charge in [0.15, 0.2) is 5.71 Å². The van der Waals surface area contributed by atoms with Crippen LogP contribution in [0.2, 0.25) is 0 Å². The molecule has 1 aromatic heterocycles. The van der Waals surface area contributed by atoms with Gasteiger partial charge in [-0.05, 0) is 6.07 Å². The third-order valence-corrected chi connectivity index (χ3v) is 1.53. The van der Waals surface area contributed by atoms with E-state index in [1.807, 2.05) is 0 Å². The van der Waals surface area contributed by atoms with Crippen LogP contribution in [-0.4, -0.2) is 22.1 Å². The Morgan fingerprint density at radius 2 is 2.06 bits per heavy atom. The fourth-order valence-electron chi connectivity index (χ4n) is 0.849. The number of aliphatic imine (C=N–C) groups is 1. The van der Waals surface area contributed by atoms with Crippen LogP contribution in [0.1, 0.15) is 0 Å². The van der Waals surface area contributed by atoms with E-state index in [2.05, 4.69) is 15.2 Å². The second-order valence-electron chi connectivity index (χ2n) is 2.68. The zero-order chi connectivity index (χ0) is 12.2. The third-order valence-electron chi connectivity index (χ3n) is 1.53. The predicted molar refractivity (Wildman–Crippen MR) is 51.6 cm³/mol. The van der Waals surface area contributed by atoms with Gasteiger partial charge in [0.1, 0.15) is 0 Å². The van der Waals surface area contributed by atoms with Gasteiger partial charge in [-0.2, -0.15) is 23.4 Å². The molecule has 1 aromatic rings. The smallest absolute Gasteiger partial charge is 0.403 e. The van der Waals surface area contributed by atoms with Crippen molar-refractivity contribution in [3.05, 3.63) is 30.4 Å². The molecule has 0 bridgehead atoms. The molecule has 0 saturated heterocycles. The highest BCUT2D eigenvalue weighted by molar-refractivity contribution is 6.04. The molecule has 0 radical (unpaired) electrons. The van der Waals surface area contributed by atoms with Crippen molar-refractivity contribution in [1.29, 1.82) is 0 Å². The van der Waals surface area contributed by atoms with Gasteiger partial charge >= 0.3 is 6.18 Å². The lowest BCUT2D eigenvalue weighted by Gasteiger charge is -2.09. The predicted octanol–water partition coefficient (Wildman–Crippen LogP) is 0.870. The maximum absolute atomic E-state index is 12.5. The Labute approximate surface area is 88.7 Å². The summed E-state index contributed by atoms with van der Waals surface area (Å²) >= 11 is 0. The third kappa shape index (κ3) is 2.94. The summed E-state index contributed by atoms with van der Waals surface area (Å²) in [6.45, 7) is 0. The van der Waals surface area contributed by atoms with Gasteiger partial charge in [0.2, 0.25) is 0 Å². The highest BCUT2D eigenvalue weighted by atomic mass is 19.4. The molecular weight excluding hydrogens is 223 g/mol. The number of halogens is 3. The minimum atomic E-state index is -4.68. The molecule has 0 aliphatic rings. The normalized spacial score (nSPS) is 13.9. The summed E-state index contributed by atoms with van der Waals surface area (Å²) in [7, 11) is 0. The number of hydrogen-bond acceptors (Lipinski definition) is 5. The van der Waals surface area contributed by atoms with E-state index >= 15 is 0 Å². The van der Waals surface area contributed by atoms with E-state index in [4.69, 9.17) is 11.5 Å². The number of allylic oxidation sites excluding steroid dienone is 1. The summed E-state index contributed by atoms with van der Waals surface area (Å²) in [4.78, 5) is 3.32. The van der Waals surface area contributed by atoms with E-state index in [0.717, 1.165) is 6.20 Å². The Balaban J connectivity index is 3.18. The first-order valence-corrected chi connectivity index (χ1v) is 4.05. The van der Waals surface area contributed by atoms with Gasteiger partial charge in [0.25, 0.3) is 0 Å². The molecule has 0 atom stereocenters. The summed E-state index contributed by atoms with van der Waals surface area (Å²) < 4.78 is 37.5. The number of alkyl halides is 3. The molecule has 0 fully saturated rings. The van der Waals surface area contributed by atoms with E-state index in [0.29, 0.717) is 6.20 Å². The van der Waals surface area contributed by atoms with Crippen LogP contribution in [0, 0.1) is 0 Å². The highest BCUT2D eigenvalue weighted by Crippen LogP contribution is 2.23. The molecular formula is C8H8F3N5. The lowest BCUT2D eigenvalue weighted by molar-refractivity contribution is -0.0582. The maximum Gasteiger partial charge on any atom is 0.435 e. The van der Waals surface area contributed by atoms with E-state index in [-0.39, 0.29) is 5.69 Å². The zero-order valence-electron chi connectivity index (χ0n) is 7.94. The molecule has 1 rings (SSSR count). The molecule has 86 valence electrons. The quantitative estimate of drug-likeness (QED) is 0.739. The molecule has 5 nitrogen and oxygen atoms in total. The van der Waals surface area contributed by atoms with Crippen molar-refractivity contribution in [1.82, 2.24) is 10.2 Å². The minimum Gasteiger partial charge on any atom is -0.403 e. The largest absolute Gasteiger partial charge is 0.435 e. The van der Waals surface area contributed by atoms with Gasteiger partial charge in [0, 0.05) is 6.20 Å². The number of hydrogen-bond donors (Lipinski definition) is 2. The topological polar surface area (TPSA) is 90.2 Å². The lowest BCUT2D eigenvalue weighted by atomic mass is 10.3. The van der Waals surface area contributed by atoms with Gasteiger partial charge in [-0.25, -0.2) is 4.99 Å². The molecule has 0 aliphatic carbocycles. The fraction of sp³-hybridized carbons (Fsp3) is 0.125. The summed E-state index contributed by atoms with van der Waals surface area (Å²) in [6.07, 6.45) is -1.74. The average Bonchev–Trinajstić information content (AvgIpc) is 2.25. The van der Waals surface area contributed by atoms with Crippen molar-refractivity contribution in [3.8, 4) is 0 Å².